The average Bonchev–Trinajstić information content (AvgIpc) is 2.53. The Balaban J connectivity index is 2.38. The first-order chi connectivity index (χ1) is 10.7. The van der Waals surface area contributed by atoms with E-state index in [2.05, 4.69) is 10.6 Å². The Kier molecular flexibility index (Phi) is 8.74. The fourth-order valence-electron chi connectivity index (χ4n) is 1.64. The van der Waals surface area contributed by atoms with Crippen LogP contribution in [0.4, 0.5) is 0 Å². The fraction of sp³-hybridized carbons (Fsp3) is 0.400. The number of carbonyl (C=O) groups excluding carboxylic acids is 3. The molecule has 2 amide bonds. The van der Waals surface area contributed by atoms with Crippen molar-refractivity contribution in [1.82, 2.24) is 10.6 Å². The van der Waals surface area contributed by atoms with Crippen LogP contribution in [0.25, 0.3) is 0 Å². The van der Waals surface area contributed by atoms with Crippen LogP contribution in [0.3, 0.4) is 0 Å². The van der Waals surface area contributed by atoms with Crippen molar-refractivity contribution in [1.29, 1.82) is 0 Å². The van der Waals surface area contributed by atoms with Gasteiger partial charge in [0, 0.05) is 11.5 Å². The minimum Gasteiger partial charge on any atom is -0.465 e. The van der Waals surface area contributed by atoms with Gasteiger partial charge in [0.1, 0.15) is 12.6 Å². The first-order valence-corrected chi connectivity index (χ1v) is 8.07. The van der Waals surface area contributed by atoms with Crippen molar-refractivity contribution in [3.63, 3.8) is 0 Å². The number of nitrogens with one attached hydrogen (secondary N) is 2. The predicted molar refractivity (Wildman–Crippen MR) is 85.2 cm³/mol. The zero-order chi connectivity index (χ0) is 16.2. The Hall–Kier alpha value is -2.02. The molecule has 0 aliphatic rings. The molecule has 7 heteroatoms. The summed E-state index contributed by atoms with van der Waals surface area (Å²) in [7, 11) is 0. The summed E-state index contributed by atoms with van der Waals surface area (Å²) in [6.45, 7) is 1.75. The second-order valence-corrected chi connectivity index (χ2v) is 5.39. The number of amides is 2. The zero-order valence-corrected chi connectivity index (χ0v) is 13.2. The quantitative estimate of drug-likeness (QED) is 0.489. The van der Waals surface area contributed by atoms with Gasteiger partial charge in [-0.1, -0.05) is 30.3 Å². The molecule has 1 atom stereocenters. The molecule has 0 aliphatic heterocycles. The minimum absolute atomic E-state index is 0.201. The van der Waals surface area contributed by atoms with E-state index >= 15 is 0 Å². The van der Waals surface area contributed by atoms with Crippen molar-refractivity contribution >= 4 is 30.0 Å². The number of rotatable bonds is 10. The maximum atomic E-state index is 11.9. The largest absolute Gasteiger partial charge is 0.465 e. The van der Waals surface area contributed by atoms with E-state index in [1.54, 1.807) is 6.92 Å². The highest BCUT2D eigenvalue weighted by atomic mass is 32.2. The molecule has 0 aromatic heterocycles. The molecule has 0 bridgehead atoms. The summed E-state index contributed by atoms with van der Waals surface area (Å²) in [6, 6.07) is 9.15. The molecule has 1 aromatic rings. The Morgan fingerprint density at radius 1 is 1.32 bits per heavy atom. The van der Waals surface area contributed by atoms with Gasteiger partial charge in [0.2, 0.25) is 12.3 Å². The second-order valence-electron chi connectivity index (χ2n) is 4.36. The van der Waals surface area contributed by atoms with Gasteiger partial charge in [0.25, 0.3) is 0 Å². The van der Waals surface area contributed by atoms with Crippen LogP contribution in [-0.2, 0) is 24.9 Å². The van der Waals surface area contributed by atoms with E-state index in [1.165, 1.54) is 11.8 Å². The molecule has 1 rings (SSSR count). The number of hydrogen-bond donors (Lipinski definition) is 2. The van der Waals surface area contributed by atoms with Gasteiger partial charge in [0.15, 0.2) is 0 Å². The van der Waals surface area contributed by atoms with E-state index in [-0.39, 0.29) is 13.2 Å². The summed E-state index contributed by atoms with van der Waals surface area (Å²) >= 11 is 1.53. The van der Waals surface area contributed by atoms with Crippen LogP contribution in [-0.4, -0.2) is 43.2 Å². The van der Waals surface area contributed by atoms with E-state index in [9.17, 15) is 14.4 Å². The molecule has 0 saturated heterocycles. The van der Waals surface area contributed by atoms with Crippen molar-refractivity contribution in [3.05, 3.63) is 35.9 Å². The highest BCUT2D eigenvalue weighted by Crippen LogP contribution is 2.12. The summed E-state index contributed by atoms with van der Waals surface area (Å²) in [4.78, 5) is 33.7. The molecule has 22 heavy (non-hydrogen) atoms. The lowest BCUT2D eigenvalue weighted by Crippen LogP contribution is -2.47. The van der Waals surface area contributed by atoms with Crippen molar-refractivity contribution in [3.8, 4) is 0 Å². The van der Waals surface area contributed by atoms with Crippen molar-refractivity contribution in [2.45, 2.75) is 18.7 Å². The second kappa shape index (κ2) is 10.7. The lowest BCUT2D eigenvalue weighted by Gasteiger charge is -2.15. The van der Waals surface area contributed by atoms with E-state index in [4.69, 9.17) is 4.74 Å². The fourth-order valence-corrected chi connectivity index (χ4v) is 2.67. The first-order valence-electron chi connectivity index (χ1n) is 6.92. The highest BCUT2D eigenvalue weighted by molar-refractivity contribution is 7.98. The number of benzene rings is 1. The SMILES string of the molecule is CCOC(=O)CNC(=O)[C@H](CSCc1ccccc1)NC=O. The lowest BCUT2D eigenvalue weighted by atomic mass is 10.2. The molecule has 2 N–H and O–H groups in total. The van der Waals surface area contributed by atoms with Crippen molar-refractivity contribution < 1.29 is 19.1 Å². The Morgan fingerprint density at radius 2 is 2.05 bits per heavy atom. The number of esters is 1. The van der Waals surface area contributed by atoms with Crippen molar-refractivity contribution in [2.75, 3.05) is 18.9 Å². The molecule has 0 fully saturated rings. The third-order valence-electron chi connectivity index (χ3n) is 2.69. The summed E-state index contributed by atoms with van der Waals surface area (Å²) < 4.78 is 4.72. The molecule has 1 aromatic carbocycles. The van der Waals surface area contributed by atoms with Gasteiger partial charge in [-0.25, -0.2) is 0 Å². The normalized spacial score (nSPS) is 11.3. The summed E-state index contributed by atoms with van der Waals surface area (Å²) in [5, 5.41) is 4.91. The Labute approximate surface area is 134 Å². The van der Waals surface area contributed by atoms with Crippen LogP contribution < -0.4 is 10.6 Å². The van der Waals surface area contributed by atoms with Crippen LogP contribution in [0.5, 0.6) is 0 Å². The summed E-state index contributed by atoms with van der Waals surface area (Å²) in [5.41, 5.74) is 1.14. The monoisotopic (exact) mass is 324 g/mol. The molecule has 0 aliphatic carbocycles. The van der Waals surface area contributed by atoms with E-state index in [0.29, 0.717) is 12.2 Å². The standard InChI is InChI=1S/C15H20N2O4S/c1-2-21-14(19)8-16-15(20)13(17-11-18)10-22-9-12-6-4-3-5-7-12/h3-7,11,13H,2,8-10H2,1H3,(H,16,20)(H,17,18)/t13-/m0/s1. The minimum atomic E-state index is -0.680. The molecule has 6 nitrogen and oxygen atoms in total. The smallest absolute Gasteiger partial charge is 0.325 e. The number of carbonyl (C=O) groups is 3. The van der Waals surface area contributed by atoms with E-state index < -0.39 is 17.9 Å². The van der Waals surface area contributed by atoms with Crippen LogP contribution in [0.1, 0.15) is 12.5 Å². The molecule has 0 unspecified atom stereocenters. The van der Waals surface area contributed by atoms with Crippen molar-refractivity contribution in [2.24, 2.45) is 0 Å². The third-order valence-corrected chi connectivity index (χ3v) is 3.80. The molecule has 0 radical (unpaired) electrons. The molecular weight excluding hydrogens is 304 g/mol. The van der Waals surface area contributed by atoms with Gasteiger partial charge in [0.05, 0.1) is 6.61 Å². The van der Waals surface area contributed by atoms with Gasteiger partial charge in [-0.3, -0.25) is 14.4 Å². The summed E-state index contributed by atoms with van der Waals surface area (Å²) in [5.74, 6) is 0.254. The van der Waals surface area contributed by atoms with E-state index in [1.807, 2.05) is 30.3 Å². The first kappa shape index (κ1) is 18.0. The topological polar surface area (TPSA) is 84.5 Å². The van der Waals surface area contributed by atoms with Gasteiger partial charge < -0.3 is 15.4 Å². The molecule has 120 valence electrons. The van der Waals surface area contributed by atoms with E-state index in [0.717, 1.165) is 11.3 Å². The number of thioether (sulfide) groups is 1. The molecule has 0 saturated carbocycles. The molecule has 0 spiro atoms. The zero-order valence-electron chi connectivity index (χ0n) is 12.4. The van der Waals surface area contributed by atoms with Crippen LogP contribution in [0.2, 0.25) is 0 Å². The maximum Gasteiger partial charge on any atom is 0.325 e. The highest BCUT2D eigenvalue weighted by Gasteiger charge is 2.18. The van der Waals surface area contributed by atoms with Crippen LogP contribution >= 0.6 is 11.8 Å². The molecular formula is C15H20N2O4S. The van der Waals surface area contributed by atoms with Gasteiger partial charge in [-0.2, -0.15) is 11.8 Å². The third kappa shape index (κ3) is 7.12. The maximum absolute atomic E-state index is 11.9. The molecule has 0 heterocycles. The van der Waals surface area contributed by atoms with Gasteiger partial charge >= 0.3 is 5.97 Å². The number of ether oxygens (including phenoxy) is 1. The van der Waals surface area contributed by atoms with Gasteiger partial charge in [-0.15, -0.1) is 0 Å². The predicted octanol–water partition coefficient (Wildman–Crippen LogP) is 0.714. The van der Waals surface area contributed by atoms with Crippen LogP contribution in [0, 0.1) is 0 Å². The van der Waals surface area contributed by atoms with Gasteiger partial charge in [-0.05, 0) is 12.5 Å². The van der Waals surface area contributed by atoms with Crippen LogP contribution in [0.15, 0.2) is 30.3 Å². The lowest BCUT2D eigenvalue weighted by molar-refractivity contribution is -0.143. The average molecular weight is 324 g/mol. The Morgan fingerprint density at radius 3 is 2.68 bits per heavy atom. The Bertz CT molecular complexity index is 482. The summed E-state index contributed by atoms with van der Waals surface area (Å²) in [6.07, 6.45) is 0.484. The number of hydrogen-bond acceptors (Lipinski definition) is 5.